The lowest BCUT2D eigenvalue weighted by Crippen LogP contribution is -2.33. The second-order valence-corrected chi connectivity index (χ2v) is 5.71. The summed E-state index contributed by atoms with van der Waals surface area (Å²) in [6.45, 7) is 0. The zero-order valence-electron chi connectivity index (χ0n) is 11.9. The van der Waals surface area contributed by atoms with E-state index in [2.05, 4.69) is 4.98 Å². The minimum absolute atomic E-state index is 0.0328. The second-order valence-electron chi connectivity index (χ2n) is 5.71. The van der Waals surface area contributed by atoms with Gasteiger partial charge < -0.3 is 5.84 Å². The van der Waals surface area contributed by atoms with Gasteiger partial charge in [0.05, 0.1) is 16.5 Å². The molecule has 0 aliphatic heterocycles. The molecule has 1 aliphatic carbocycles. The Bertz CT molecular complexity index is 761. The highest BCUT2D eigenvalue weighted by Crippen LogP contribution is 2.33. The first-order chi connectivity index (χ1) is 10.4. The topological polar surface area (TPSA) is 60.9 Å². The van der Waals surface area contributed by atoms with Crippen LogP contribution in [-0.4, -0.2) is 9.66 Å². The standard InChI is InChI=1S/C15H16F3N3O/c16-15(17,18)10-6-7-11-12(8-10)20-13(21(19)14(11)22)9-4-2-1-3-5-9/h6-9H,1-5,19H2. The molecule has 0 spiro atoms. The van der Waals surface area contributed by atoms with Crippen molar-refractivity contribution in [1.82, 2.24) is 9.66 Å². The van der Waals surface area contributed by atoms with Crippen molar-refractivity contribution in [3.8, 4) is 0 Å². The van der Waals surface area contributed by atoms with Gasteiger partial charge in [-0.3, -0.25) is 4.79 Å². The predicted molar refractivity (Wildman–Crippen MR) is 77.0 cm³/mol. The number of aromatic nitrogens is 2. The molecule has 0 radical (unpaired) electrons. The zero-order chi connectivity index (χ0) is 15.9. The molecule has 4 nitrogen and oxygen atoms in total. The van der Waals surface area contributed by atoms with Crippen molar-refractivity contribution >= 4 is 10.9 Å². The van der Waals surface area contributed by atoms with E-state index in [9.17, 15) is 18.0 Å². The summed E-state index contributed by atoms with van der Waals surface area (Å²) in [6.07, 6.45) is 0.403. The van der Waals surface area contributed by atoms with Crippen LogP contribution >= 0.6 is 0 Å². The maximum atomic E-state index is 12.8. The molecule has 1 aromatic heterocycles. The van der Waals surface area contributed by atoms with Gasteiger partial charge in [0.2, 0.25) is 0 Å². The van der Waals surface area contributed by atoms with Crippen molar-refractivity contribution in [3.05, 3.63) is 39.9 Å². The lowest BCUT2D eigenvalue weighted by molar-refractivity contribution is -0.137. The minimum Gasteiger partial charge on any atom is -0.335 e. The quantitative estimate of drug-likeness (QED) is 0.823. The fourth-order valence-corrected chi connectivity index (χ4v) is 3.04. The molecule has 1 heterocycles. The number of nitrogen functional groups attached to an aromatic ring is 1. The Morgan fingerprint density at radius 2 is 1.86 bits per heavy atom. The number of nitrogens with two attached hydrogens (primary N) is 1. The molecule has 0 amide bonds. The Morgan fingerprint density at radius 1 is 1.18 bits per heavy atom. The summed E-state index contributed by atoms with van der Waals surface area (Å²) in [4.78, 5) is 16.5. The van der Waals surface area contributed by atoms with Crippen LogP contribution in [0.5, 0.6) is 0 Å². The van der Waals surface area contributed by atoms with E-state index >= 15 is 0 Å². The molecule has 1 saturated carbocycles. The fourth-order valence-electron chi connectivity index (χ4n) is 3.04. The van der Waals surface area contributed by atoms with Crippen molar-refractivity contribution < 1.29 is 13.2 Å². The van der Waals surface area contributed by atoms with Crippen LogP contribution in [0.4, 0.5) is 13.2 Å². The molecule has 0 saturated heterocycles. The predicted octanol–water partition coefficient (Wildman–Crippen LogP) is 3.18. The number of benzene rings is 1. The molecule has 3 rings (SSSR count). The van der Waals surface area contributed by atoms with E-state index in [1.807, 2.05) is 0 Å². The van der Waals surface area contributed by atoms with Crippen molar-refractivity contribution in [2.24, 2.45) is 0 Å². The largest absolute Gasteiger partial charge is 0.416 e. The monoisotopic (exact) mass is 311 g/mol. The summed E-state index contributed by atoms with van der Waals surface area (Å²) in [7, 11) is 0. The van der Waals surface area contributed by atoms with Gasteiger partial charge in [-0.05, 0) is 31.0 Å². The number of fused-ring (bicyclic) bond motifs is 1. The van der Waals surface area contributed by atoms with Crippen LogP contribution in [0.25, 0.3) is 10.9 Å². The first-order valence-corrected chi connectivity index (χ1v) is 7.27. The first-order valence-electron chi connectivity index (χ1n) is 7.27. The lowest BCUT2D eigenvalue weighted by Gasteiger charge is -2.22. The van der Waals surface area contributed by atoms with Gasteiger partial charge >= 0.3 is 6.18 Å². The molecule has 2 aromatic rings. The molecule has 1 aliphatic rings. The summed E-state index contributed by atoms with van der Waals surface area (Å²) in [6, 6.07) is 2.94. The van der Waals surface area contributed by atoms with E-state index in [1.54, 1.807) is 0 Å². The molecule has 1 aromatic carbocycles. The van der Waals surface area contributed by atoms with Gasteiger partial charge in [-0.1, -0.05) is 19.3 Å². The highest BCUT2D eigenvalue weighted by molar-refractivity contribution is 5.78. The van der Waals surface area contributed by atoms with E-state index < -0.39 is 17.3 Å². The van der Waals surface area contributed by atoms with Gasteiger partial charge in [-0.2, -0.15) is 13.2 Å². The van der Waals surface area contributed by atoms with Gasteiger partial charge in [0.15, 0.2) is 0 Å². The van der Waals surface area contributed by atoms with Gasteiger partial charge in [-0.25, -0.2) is 9.66 Å². The molecule has 0 atom stereocenters. The van der Waals surface area contributed by atoms with Gasteiger partial charge in [0, 0.05) is 5.92 Å². The van der Waals surface area contributed by atoms with Crippen LogP contribution in [-0.2, 0) is 6.18 Å². The number of alkyl halides is 3. The van der Waals surface area contributed by atoms with Gasteiger partial charge in [0.25, 0.3) is 5.56 Å². The molecule has 22 heavy (non-hydrogen) atoms. The minimum atomic E-state index is -4.46. The van der Waals surface area contributed by atoms with Crippen LogP contribution in [0, 0.1) is 0 Å². The third-order valence-corrected chi connectivity index (χ3v) is 4.23. The zero-order valence-corrected chi connectivity index (χ0v) is 11.9. The Morgan fingerprint density at radius 3 is 2.50 bits per heavy atom. The van der Waals surface area contributed by atoms with Crippen LogP contribution in [0.2, 0.25) is 0 Å². The van der Waals surface area contributed by atoms with Crippen LogP contribution < -0.4 is 11.4 Å². The smallest absolute Gasteiger partial charge is 0.335 e. The van der Waals surface area contributed by atoms with Crippen molar-refractivity contribution in [1.29, 1.82) is 0 Å². The van der Waals surface area contributed by atoms with Gasteiger partial charge in [0.1, 0.15) is 5.82 Å². The Hall–Kier alpha value is -2.05. The van der Waals surface area contributed by atoms with Crippen LogP contribution in [0.1, 0.15) is 49.4 Å². The summed E-state index contributed by atoms with van der Waals surface area (Å²) < 4.78 is 39.4. The maximum absolute atomic E-state index is 12.8. The highest BCUT2D eigenvalue weighted by Gasteiger charge is 2.31. The maximum Gasteiger partial charge on any atom is 0.416 e. The number of hydrogen-bond acceptors (Lipinski definition) is 3. The van der Waals surface area contributed by atoms with Crippen molar-refractivity contribution in [3.63, 3.8) is 0 Å². The Labute approximate surface area is 124 Å². The molecular formula is C15H16F3N3O. The van der Waals surface area contributed by atoms with E-state index in [0.717, 1.165) is 55.0 Å². The Kier molecular flexibility index (Phi) is 3.58. The average molecular weight is 311 g/mol. The normalized spacial score (nSPS) is 17.0. The van der Waals surface area contributed by atoms with Crippen molar-refractivity contribution in [2.45, 2.75) is 44.2 Å². The van der Waals surface area contributed by atoms with E-state index in [0.29, 0.717) is 5.82 Å². The number of nitrogens with zero attached hydrogens (tertiary/aromatic N) is 2. The molecule has 0 unspecified atom stereocenters. The molecular weight excluding hydrogens is 295 g/mol. The van der Waals surface area contributed by atoms with Gasteiger partial charge in [-0.15, -0.1) is 0 Å². The number of halogens is 3. The molecule has 0 bridgehead atoms. The van der Waals surface area contributed by atoms with E-state index in [-0.39, 0.29) is 16.8 Å². The second kappa shape index (κ2) is 5.30. The lowest BCUT2D eigenvalue weighted by atomic mass is 9.88. The summed E-state index contributed by atoms with van der Waals surface area (Å²) in [5.74, 6) is 6.24. The summed E-state index contributed by atoms with van der Waals surface area (Å²) >= 11 is 0. The van der Waals surface area contributed by atoms with E-state index in [4.69, 9.17) is 5.84 Å². The summed E-state index contributed by atoms with van der Waals surface area (Å²) in [5, 5.41) is 0.107. The first kappa shape index (κ1) is 14.9. The molecule has 118 valence electrons. The molecule has 1 fully saturated rings. The molecule has 2 N–H and O–H groups in total. The number of rotatable bonds is 1. The SMILES string of the molecule is Nn1c(C2CCCCC2)nc2cc(C(F)(F)F)ccc2c1=O. The number of hydrogen-bond donors (Lipinski definition) is 1. The van der Waals surface area contributed by atoms with Crippen LogP contribution in [0.15, 0.2) is 23.0 Å². The molecule has 7 heteroatoms. The Balaban J connectivity index is 2.17. The summed E-state index contributed by atoms with van der Waals surface area (Å²) in [5.41, 5.74) is -1.25. The fraction of sp³-hybridized carbons (Fsp3) is 0.467. The third kappa shape index (κ3) is 2.55. The average Bonchev–Trinajstić information content (AvgIpc) is 2.50. The van der Waals surface area contributed by atoms with Crippen molar-refractivity contribution in [2.75, 3.05) is 5.84 Å². The third-order valence-electron chi connectivity index (χ3n) is 4.23. The van der Waals surface area contributed by atoms with Crippen LogP contribution in [0.3, 0.4) is 0 Å². The van der Waals surface area contributed by atoms with E-state index in [1.165, 1.54) is 0 Å². The highest BCUT2D eigenvalue weighted by atomic mass is 19.4.